The molecule has 3 aromatic rings. The number of phenolic OH excluding ortho intramolecular Hbond substituents is 2. The molecule has 0 radical (unpaired) electrons. The quantitative estimate of drug-likeness (QED) is 0.385. The van der Waals surface area contributed by atoms with Gasteiger partial charge in [-0.1, -0.05) is 18.2 Å². The van der Waals surface area contributed by atoms with Crippen LogP contribution >= 0.6 is 0 Å². The van der Waals surface area contributed by atoms with Crippen LogP contribution in [0, 0.1) is 10.1 Å². The molecule has 120 valence electrons. The predicted molar refractivity (Wildman–Crippen MR) is 89.4 cm³/mol. The van der Waals surface area contributed by atoms with Crippen LogP contribution in [0.2, 0.25) is 0 Å². The number of pyridine rings is 1. The largest absolute Gasteiger partial charge is 0.507 e. The third-order valence-electron chi connectivity index (χ3n) is 3.30. The van der Waals surface area contributed by atoms with Gasteiger partial charge in [0.1, 0.15) is 11.6 Å². The number of rotatable bonds is 4. The lowest BCUT2D eigenvalue weighted by molar-refractivity contribution is -0.385. The Morgan fingerprint density at radius 2 is 1.92 bits per heavy atom. The summed E-state index contributed by atoms with van der Waals surface area (Å²) in [5.74, 6) is -0.452. The Kier molecular flexibility index (Phi) is 3.94. The number of hydrogen-bond acceptors (Lipinski definition) is 7. The number of anilines is 1. The van der Waals surface area contributed by atoms with Crippen LogP contribution in [0.25, 0.3) is 10.9 Å². The van der Waals surface area contributed by atoms with E-state index in [1.165, 1.54) is 6.21 Å². The number of hydrazone groups is 1. The van der Waals surface area contributed by atoms with Crippen molar-refractivity contribution in [2.45, 2.75) is 0 Å². The third kappa shape index (κ3) is 3.07. The minimum atomic E-state index is -0.746. The van der Waals surface area contributed by atoms with Gasteiger partial charge in [0.2, 0.25) is 0 Å². The summed E-state index contributed by atoms with van der Waals surface area (Å²) in [6.45, 7) is 0. The molecular weight excluding hydrogens is 312 g/mol. The summed E-state index contributed by atoms with van der Waals surface area (Å²) in [5, 5.41) is 34.8. The number of aromatic hydroxyl groups is 2. The van der Waals surface area contributed by atoms with E-state index < -0.39 is 16.4 Å². The second-order valence-corrected chi connectivity index (χ2v) is 4.92. The average molecular weight is 324 g/mol. The minimum absolute atomic E-state index is 0.0905. The molecular formula is C16H12N4O4. The third-order valence-corrected chi connectivity index (χ3v) is 3.30. The molecule has 0 bridgehead atoms. The maximum atomic E-state index is 10.8. The summed E-state index contributed by atoms with van der Waals surface area (Å²) in [5.41, 5.74) is 3.06. The summed E-state index contributed by atoms with van der Waals surface area (Å²) < 4.78 is 0. The molecule has 0 unspecified atom stereocenters. The summed E-state index contributed by atoms with van der Waals surface area (Å²) in [6, 6.07) is 13.1. The number of nitro groups is 1. The summed E-state index contributed by atoms with van der Waals surface area (Å²) in [6.07, 6.45) is 1.21. The zero-order chi connectivity index (χ0) is 17.1. The van der Waals surface area contributed by atoms with Crippen LogP contribution in [0.3, 0.4) is 0 Å². The first-order valence-corrected chi connectivity index (χ1v) is 6.90. The van der Waals surface area contributed by atoms with E-state index in [0.29, 0.717) is 5.82 Å². The van der Waals surface area contributed by atoms with Crippen molar-refractivity contribution in [2.24, 2.45) is 5.10 Å². The van der Waals surface area contributed by atoms with Crippen LogP contribution in [0.4, 0.5) is 11.5 Å². The van der Waals surface area contributed by atoms with Crippen molar-refractivity contribution in [1.29, 1.82) is 0 Å². The van der Waals surface area contributed by atoms with Crippen LogP contribution in [0.15, 0.2) is 53.6 Å². The molecule has 3 rings (SSSR count). The van der Waals surface area contributed by atoms with Gasteiger partial charge in [0, 0.05) is 23.1 Å². The molecule has 0 fully saturated rings. The highest BCUT2D eigenvalue weighted by atomic mass is 16.6. The normalized spacial score (nSPS) is 11.0. The molecule has 0 spiro atoms. The molecule has 0 saturated heterocycles. The van der Waals surface area contributed by atoms with Crippen molar-refractivity contribution in [3.63, 3.8) is 0 Å². The van der Waals surface area contributed by atoms with Gasteiger partial charge < -0.3 is 10.2 Å². The summed E-state index contributed by atoms with van der Waals surface area (Å²) in [4.78, 5) is 14.4. The fourth-order valence-electron chi connectivity index (χ4n) is 2.13. The van der Waals surface area contributed by atoms with Gasteiger partial charge in [-0.2, -0.15) is 5.10 Å². The number of benzene rings is 2. The van der Waals surface area contributed by atoms with Crippen LogP contribution in [-0.2, 0) is 0 Å². The molecule has 3 N–H and O–H groups in total. The zero-order valence-electron chi connectivity index (χ0n) is 12.2. The van der Waals surface area contributed by atoms with Crippen LogP contribution in [0.5, 0.6) is 11.5 Å². The maximum absolute atomic E-state index is 10.8. The summed E-state index contributed by atoms with van der Waals surface area (Å²) in [7, 11) is 0. The Bertz CT molecular complexity index is 956. The zero-order valence-corrected chi connectivity index (χ0v) is 12.2. The van der Waals surface area contributed by atoms with Crippen LogP contribution < -0.4 is 5.43 Å². The maximum Gasteiger partial charge on any atom is 0.311 e. The number of phenols is 2. The van der Waals surface area contributed by atoms with Crippen molar-refractivity contribution in [3.05, 3.63) is 64.2 Å². The first-order chi connectivity index (χ1) is 11.5. The molecule has 0 saturated carbocycles. The molecule has 8 heteroatoms. The second kappa shape index (κ2) is 6.21. The standard InChI is InChI=1S/C16H12N4O4/c21-14-8-15(22)13(20(23)24)7-11(14)9-17-19-16-6-5-10-3-1-2-4-12(10)18-16/h1-9,21-22H,(H,18,19)/b17-9-. The number of aromatic nitrogens is 1. The van der Waals surface area contributed by atoms with Crippen LogP contribution in [-0.4, -0.2) is 26.3 Å². The van der Waals surface area contributed by atoms with Gasteiger partial charge in [-0.05, 0) is 18.2 Å². The Morgan fingerprint density at radius 1 is 1.12 bits per heavy atom. The van der Waals surface area contributed by atoms with E-state index in [4.69, 9.17) is 0 Å². The fourth-order valence-corrected chi connectivity index (χ4v) is 2.13. The van der Waals surface area contributed by atoms with E-state index in [1.54, 1.807) is 6.07 Å². The summed E-state index contributed by atoms with van der Waals surface area (Å²) >= 11 is 0. The van der Waals surface area contributed by atoms with Gasteiger partial charge in [-0.25, -0.2) is 4.98 Å². The van der Waals surface area contributed by atoms with Gasteiger partial charge in [0.25, 0.3) is 0 Å². The number of nitrogens with zero attached hydrogens (tertiary/aromatic N) is 3. The molecule has 0 amide bonds. The highest BCUT2D eigenvalue weighted by Gasteiger charge is 2.16. The minimum Gasteiger partial charge on any atom is -0.507 e. The Balaban J connectivity index is 1.82. The number of nitrogens with one attached hydrogen (secondary N) is 1. The monoisotopic (exact) mass is 324 g/mol. The van der Waals surface area contributed by atoms with Gasteiger partial charge >= 0.3 is 5.69 Å². The van der Waals surface area contributed by atoms with Crippen LogP contribution in [0.1, 0.15) is 5.56 Å². The van der Waals surface area contributed by atoms with Crippen molar-refractivity contribution in [3.8, 4) is 11.5 Å². The molecule has 1 heterocycles. The van der Waals surface area contributed by atoms with Crippen molar-refractivity contribution >= 4 is 28.6 Å². The Morgan fingerprint density at radius 3 is 2.71 bits per heavy atom. The van der Waals surface area contributed by atoms with Crippen molar-refractivity contribution < 1.29 is 15.1 Å². The van der Waals surface area contributed by atoms with E-state index in [-0.39, 0.29) is 11.3 Å². The lowest BCUT2D eigenvalue weighted by atomic mass is 10.2. The lowest BCUT2D eigenvalue weighted by Gasteiger charge is -2.03. The van der Waals surface area contributed by atoms with Gasteiger partial charge in [0.05, 0.1) is 16.7 Å². The predicted octanol–water partition coefficient (Wildman–Crippen LogP) is 3.00. The lowest BCUT2D eigenvalue weighted by Crippen LogP contribution is -1.95. The van der Waals surface area contributed by atoms with E-state index in [9.17, 15) is 20.3 Å². The Labute approximate surface area is 135 Å². The van der Waals surface area contributed by atoms with E-state index in [2.05, 4.69) is 15.5 Å². The Hall–Kier alpha value is -3.68. The first kappa shape index (κ1) is 15.2. The topological polar surface area (TPSA) is 121 Å². The molecule has 1 aromatic heterocycles. The molecule has 8 nitrogen and oxygen atoms in total. The molecule has 2 aromatic carbocycles. The van der Waals surface area contributed by atoms with Gasteiger partial charge in [-0.3, -0.25) is 15.5 Å². The van der Waals surface area contributed by atoms with Gasteiger partial charge in [-0.15, -0.1) is 0 Å². The molecule has 24 heavy (non-hydrogen) atoms. The average Bonchev–Trinajstić information content (AvgIpc) is 2.56. The number of nitro benzene ring substituents is 1. The molecule has 0 atom stereocenters. The number of para-hydroxylation sites is 1. The second-order valence-electron chi connectivity index (χ2n) is 4.92. The highest BCUT2D eigenvalue weighted by molar-refractivity contribution is 5.86. The van der Waals surface area contributed by atoms with Gasteiger partial charge in [0.15, 0.2) is 5.75 Å². The van der Waals surface area contributed by atoms with E-state index in [0.717, 1.165) is 23.0 Å². The first-order valence-electron chi connectivity index (χ1n) is 6.90. The number of hydrogen-bond donors (Lipinski definition) is 3. The fraction of sp³-hybridized carbons (Fsp3) is 0. The smallest absolute Gasteiger partial charge is 0.311 e. The van der Waals surface area contributed by atoms with Crippen molar-refractivity contribution in [2.75, 3.05) is 5.43 Å². The van der Waals surface area contributed by atoms with Crippen molar-refractivity contribution in [1.82, 2.24) is 4.98 Å². The van der Waals surface area contributed by atoms with E-state index >= 15 is 0 Å². The number of fused-ring (bicyclic) bond motifs is 1. The molecule has 0 aliphatic rings. The highest BCUT2D eigenvalue weighted by Crippen LogP contribution is 2.32. The molecule has 0 aliphatic carbocycles. The SMILES string of the molecule is O=[N+]([O-])c1cc(/C=N\Nc2ccc3ccccc3n2)c(O)cc1O. The van der Waals surface area contributed by atoms with E-state index in [1.807, 2.05) is 30.3 Å². The molecule has 0 aliphatic heterocycles.